The summed E-state index contributed by atoms with van der Waals surface area (Å²) in [5, 5.41) is 12.8. The summed E-state index contributed by atoms with van der Waals surface area (Å²) in [5.74, 6) is 0.525. The monoisotopic (exact) mass is 281 g/mol. The predicted octanol–water partition coefficient (Wildman–Crippen LogP) is 1.74. The molecule has 0 spiro atoms. The van der Waals surface area contributed by atoms with Crippen LogP contribution in [-0.2, 0) is 0 Å². The number of carbonyl (C=O) groups is 1. The van der Waals surface area contributed by atoms with Crippen LogP contribution in [0.2, 0.25) is 0 Å². The van der Waals surface area contributed by atoms with Gasteiger partial charge in [0, 0.05) is 30.1 Å². The number of nitriles is 1. The van der Waals surface area contributed by atoms with Crippen LogP contribution in [0.1, 0.15) is 22.3 Å². The van der Waals surface area contributed by atoms with Gasteiger partial charge >= 0.3 is 0 Å². The van der Waals surface area contributed by atoms with Gasteiger partial charge < -0.3 is 14.6 Å². The first kappa shape index (κ1) is 12.4. The molecule has 2 fully saturated rings. The van der Waals surface area contributed by atoms with E-state index in [-0.39, 0.29) is 11.9 Å². The smallest absolute Gasteiger partial charge is 0.251 e. The Balaban J connectivity index is 1.55. The number of nitrogens with zero attached hydrogens (tertiary/aromatic N) is 2. The van der Waals surface area contributed by atoms with Crippen molar-refractivity contribution in [1.29, 1.82) is 5.26 Å². The van der Waals surface area contributed by atoms with Crippen LogP contribution in [0.3, 0.4) is 0 Å². The number of hydrogen-bond acceptors (Lipinski definition) is 4. The zero-order valence-electron chi connectivity index (χ0n) is 11.5. The average molecular weight is 281 g/mol. The van der Waals surface area contributed by atoms with Crippen LogP contribution in [0, 0.1) is 17.2 Å². The molecule has 1 aromatic heterocycles. The lowest BCUT2D eigenvalue weighted by Gasteiger charge is -2.23. The molecular weight excluding hydrogens is 266 g/mol. The van der Waals surface area contributed by atoms with Gasteiger partial charge in [0.2, 0.25) is 0 Å². The highest BCUT2D eigenvalue weighted by atomic mass is 16.3. The molecule has 1 N–H and O–H groups in total. The minimum atomic E-state index is -0.0643. The zero-order chi connectivity index (χ0) is 14.4. The van der Waals surface area contributed by atoms with Crippen LogP contribution in [0.25, 0.3) is 11.0 Å². The molecule has 2 aliphatic rings. The molecule has 2 bridgehead atoms. The number of amides is 1. The van der Waals surface area contributed by atoms with Crippen LogP contribution >= 0.6 is 0 Å². The van der Waals surface area contributed by atoms with Crippen LogP contribution in [0.15, 0.2) is 28.9 Å². The molecule has 2 saturated heterocycles. The van der Waals surface area contributed by atoms with Crippen molar-refractivity contribution in [2.45, 2.75) is 12.5 Å². The highest BCUT2D eigenvalue weighted by Gasteiger charge is 2.38. The minimum Gasteiger partial charge on any atom is -0.463 e. The third-order valence-electron chi connectivity index (χ3n) is 4.61. The van der Waals surface area contributed by atoms with Gasteiger partial charge in [-0.2, -0.15) is 5.26 Å². The minimum absolute atomic E-state index is 0.0643. The standard InChI is InChI=1S/C16H15N3O2/c17-6-12-9-21-15-5-10(1-2-13(12)15)16(20)18-14-8-19-4-3-11(14)7-19/h1-2,5,9,11,14H,3-4,7-8H2,(H,18,20). The molecule has 0 aliphatic carbocycles. The largest absolute Gasteiger partial charge is 0.463 e. The summed E-state index contributed by atoms with van der Waals surface area (Å²) in [4.78, 5) is 14.8. The van der Waals surface area contributed by atoms with Gasteiger partial charge in [-0.05, 0) is 37.1 Å². The van der Waals surface area contributed by atoms with E-state index >= 15 is 0 Å². The Labute approximate surface area is 122 Å². The molecule has 3 atom stereocenters. The second-order valence-electron chi connectivity index (χ2n) is 5.86. The average Bonchev–Trinajstić information content (AvgIpc) is 3.21. The van der Waals surface area contributed by atoms with Gasteiger partial charge in [0.1, 0.15) is 17.9 Å². The van der Waals surface area contributed by atoms with Gasteiger partial charge in [-0.1, -0.05) is 0 Å². The topological polar surface area (TPSA) is 69.3 Å². The lowest BCUT2D eigenvalue weighted by atomic mass is 9.99. The summed E-state index contributed by atoms with van der Waals surface area (Å²) in [6.07, 6.45) is 2.60. The molecule has 3 heterocycles. The fraction of sp³-hybridized carbons (Fsp3) is 0.375. The summed E-state index contributed by atoms with van der Waals surface area (Å²) in [6, 6.07) is 7.57. The van der Waals surface area contributed by atoms with E-state index in [1.54, 1.807) is 18.2 Å². The highest BCUT2D eigenvalue weighted by molar-refractivity contribution is 5.98. The number of carbonyl (C=O) groups excluding carboxylic acids is 1. The SMILES string of the molecule is N#Cc1coc2cc(C(=O)NC3CN4CCC3C4)ccc12. The molecule has 4 rings (SSSR count). The molecule has 5 heteroatoms. The van der Waals surface area contributed by atoms with Gasteiger partial charge in [0.15, 0.2) is 0 Å². The van der Waals surface area contributed by atoms with E-state index in [9.17, 15) is 4.79 Å². The Kier molecular flexibility index (Phi) is 2.72. The molecule has 0 radical (unpaired) electrons. The van der Waals surface area contributed by atoms with E-state index in [4.69, 9.17) is 9.68 Å². The molecule has 2 aromatic rings. The first-order valence-corrected chi connectivity index (χ1v) is 7.19. The Hall–Kier alpha value is -2.32. The van der Waals surface area contributed by atoms with Crippen molar-refractivity contribution in [3.63, 3.8) is 0 Å². The number of rotatable bonds is 2. The lowest BCUT2D eigenvalue weighted by Crippen LogP contribution is -2.43. The number of nitrogens with one attached hydrogen (secondary N) is 1. The molecule has 3 unspecified atom stereocenters. The van der Waals surface area contributed by atoms with Crippen molar-refractivity contribution < 1.29 is 9.21 Å². The number of fused-ring (bicyclic) bond motifs is 3. The fourth-order valence-electron chi connectivity index (χ4n) is 3.46. The van der Waals surface area contributed by atoms with Gasteiger partial charge in [0.25, 0.3) is 5.91 Å². The summed E-state index contributed by atoms with van der Waals surface area (Å²) >= 11 is 0. The van der Waals surface area contributed by atoms with Crippen LogP contribution < -0.4 is 5.32 Å². The van der Waals surface area contributed by atoms with Crippen molar-refractivity contribution in [1.82, 2.24) is 10.2 Å². The van der Waals surface area contributed by atoms with Gasteiger partial charge in [-0.15, -0.1) is 0 Å². The molecule has 0 saturated carbocycles. The van der Waals surface area contributed by atoms with E-state index in [0.29, 0.717) is 22.6 Å². The second kappa shape index (κ2) is 4.61. The number of benzene rings is 1. The Morgan fingerprint density at radius 2 is 2.33 bits per heavy atom. The van der Waals surface area contributed by atoms with Crippen molar-refractivity contribution in [2.24, 2.45) is 5.92 Å². The fourth-order valence-corrected chi connectivity index (χ4v) is 3.46. The van der Waals surface area contributed by atoms with Gasteiger partial charge in [-0.3, -0.25) is 4.79 Å². The van der Waals surface area contributed by atoms with Crippen molar-refractivity contribution in [2.75, 3.05) is 19.6 Å². The first-order valence-electron chi connectivity index (χ1n) is 7.19. The molecule has 5 nitrogen and oxygen atoms in total. The number of hydrogen-bond donors (Lipinski definition) is 1. The Morgan fingerprint density at radius 3 is 3.05 bits per heavy atom. The summed E-state index contributed by atoms with van der Waals surface area (Å²) in [6.45, 7) is 3.22. The van der Waals surface area contributed by atoms with E-state index in [1.165, 1.54) is 12.7 Å². The number of furan rings is 1. The first-order chi connectivity index (χ1) is 10.2. The Bertz CT molecular complexity index is 758. The lowest BCUT2D eigenvalue weighted by molar-refractivity contribution is 0.0924. The number of piperidine rings is 1. The zero-order valence-corrected chi connectivity index (χ0v) is 11.5. The van der Waals surface area contributed by atoms with Crippen LogP contribution in [0.5, 0.6) is 0 Å². The molecule has 106 valence electrons. The normalized spacial score (nSPS) is 26.9. The summed E-state index contributed by atoms with van der Waals surface area (Å²) < 4.78 is 5.34. The summed E-state index contributed by atoms with van der Waals surface area (Å²) in [7, 11) is 0. The van der Waals surface area contributed by atoms with E-state index in [0.717, 1.165) is 25.0 Å². The molecule has 21 heavy (non-hydrogen) atoms. The molecule has 1 amide bonds. The quantitative estimate of drug-likeness (QED) is 0.910. The van der Waals surface area contributed by atoms with E-state index in [1.807, 2.05) is 0 Å². The third kappa shape index (κ3) is 1.99. The Morgan fingerprint density at radius 1 is 1.43 bits per heavy atom. The van der Waals surface area contributed by atoms with Gasteiger partial charge in [0.05, 0.1) is 5.56 Å². The molecular formula is C16H15N3O2. The maximum atomic E-state index is 12.4. The van der Waals surface area contributed by atoms with Crippen molar-refractivity contribution >= 4 is 16.9 Å². The highest BCUT2D eigenvalue weighted by Crippen LogP contribution is 2.28. The van der Waals surface area contributed by atoms with Gasteiger partial charge in [-0.25, -0.2) is 0 Å². The van der Waals surface area contributed by atoms with Crippen molar-refractivity contribution in [3.05, 3.63) is 35.6 Å². The molecule has 2 aliphatic heterocycles. The maximum Gasteiger partial charge on any atom is 0.251 e. The third-order valence-corrected chi connectivity index (χ3v) is 4.61. The summed E-state index contributed by atoms with van der Waals surface area (Å²) in [5.41, 5.74) is 1.66. The van der Waals surface area contributed by atoms with Crippen molar-refractivity contribution in [3.8, 4) is 6.07 Å². The van der Waals surface area contributed by atoms with Crippen LogP contribution in [0.4, 0.5) is 0 Å². The molecule has 1 aromatic carbocycles. The second-order valence-corrected chi connectivity index (χ2v) is 5.86. The predicted molar refractivity (Wildman–Crippen MR) is 76.7 cm³/mol. The van der Waals surface area contributed by atoms with E-state index < -0.39 is 0 Å². The maximum absolute atomic E-state index is 12.4. The van der Waals surface area contributed by atoms with Crippen LogP contribution in [-0.4, -0.2) is 36.5 Å². The van der Waals surface area contributed by atoms with E-state index in [2.05, 4.69) is 16.3 Å².